The van der Waals surface area contributed by atoms with E-state index in [9.17, 15) is 9.59 Å². The number of nitrogens with zero attached hydrogens (tertiary/aromatic N) is 4. The number of carbonyl (C=O) groups is 2. The van der Waals surface area contributed by atoms with Gasteiger partial charge in [-0.1, -0.05) is 86.6 Å². The van der Waals surface area contributed by atoms with E-state index in [1.165, 1.54) is 11.1 Å². The maximum absolute atomic E-state index is 13.1. The number of hydrogen-bond acceptors (Lipinski definition) is 4. The predicted molar refractivity (Wildman–Crippen MR) is 191 cm³/mol. The van der Waals surface area contributed by atoms with Crippen LogP contribution in [0.5, 0.6) is 0 Å². The first-order valence-corrected chi connectivity index (χ1v) is 17.1. The molecule has 0 fully saturated rings. The van der Waals surface area contributed by atoms with Crippen molar-refractivity contribution in [2.75, 3.05) is 13.1 Å². The molecular formula is C40H44N6O2. The van der Waals surface area contributed by atoms with Crippen molar-refractivity contribution in [3.8, 4) is 0 Å². The van der Waals surface area contributed by atoms with Gasteiger partial charge in [0, 0.05) is 13.1 Å². The average Bonchev–Trinajstić information content (AvgIpc) is 3.70. The highest BCUT2D eigenvalue weighted by Crippen LogP contribution is 2.20. The summed E-state index contributed by atoms with van der Waals surface area (Å²) in [6.07, 6.45) is 4.33. The maximum atomic E-state index is 13.1. The highest BCUT2D eigenvalue weighted by atomic mass is 16.2. The van der Waals surface area contributed by atoms with Gasteiger partial charge < -0.3 is 19.8 Å². The molecule has 0 saturated carbocycles. The fraction of sp³-hybridized carbons (Fsp3) is 0.300. The van der Waals surface area contributed by atoms with Gasteiger partial charge in [0.1, 0.15) is 11.6 Å². The Morgan fingerprint density at radius 2 is 0.979 bits per heavy atom. The zero-order valence-corrected chi connectivity index (χ0v) is 27.9. The number of nitrogens with one attached hydrogen (secondary N) is 2. The fourth-order valence-electron chi connectivity index (χ4n) is 6.22. The van der Waals surface area contributed by atoms with Crippen molar-refractivity contribution in [3.63, 3.8) is 0 Å². The second kappa shape index (κ2) is 15.6. The summed E-state index contributed by atoms with van der Waals surface area (Å²) in [6.45, 7) is 6.50. The minimum Gasteiger partial charge on any atom is -0.340 e. The fourth-order valence-corrected chi connectivity index (χ4v) is 6.22. The van der Waals surface area contributed by atoms with Crippen molar-refractivity contribution in [2.24, 2.45) is 0 Å². The second-order valence-corrected chi connectivity index (χ2v) is 12.5. The van der Waals surface area contributed by atoms with E-state index in [0.717, 1.165) is 70.5 Å². The number of hydrogen-bond donors (Lipinski definition) is 2. The van der Waals surface area contributed by atoms with Gasteiger partial charge >= 0.3 is 0 Å². The molecule has 0 bridgehead atoms. The van der Waals surface area contributed by atoms with Crippen LogP contribution in [0.2, 0.25) is 0 Å². The lowest BCUT2D eigenvalue weighted by Crippen LogP contribution is -2.33. The first-order valence-electron chi connectivity index (χ1n) is 17.1. The SMILES string of the molecule is CCCN(Cc1nc2ccc(CCc3ccc4nc(CN(CCC)C(=O)Cc5ccccc5)[nH]c4c3)cc2[nH]1)C(=O)Cc1ccccc1. The summed E-state index contributed by atoms with van der Waals surface area (Å²) in [5.41, 5.74) is 8.28. The summed E-state index contributed by atoms with van der Waals surface area (Å²) in [7, 11) is 0. The van der Waals surface area contributed by atoms with Crippen molar-refractivity contribution in [3.05, 3.63) is 131 Å². The Bertz CT molecular complexity index is 1820. The van der Waals surface area contributed by atoms with Gasteiger partial charge in [0.15, 0.2) is 0 Å². The molecule has 8 nitrogen and oxygen atoms in total. The molecule has 0 aliphatic heterocycles. The van der Waals surface area contributed by atoms with Crippen LogP contribution in [0.1, 0.15) is 60.6 Å². The van der Waals surface area contributed by atoms with E-state index in [1.807, 2.05) is 70.5 Å². The topological polar surface area (TPSA) is 98.0 Å². The molecule has 48 heavy (non-hydrogen) atoms. The first-order chi connectivity index (χ1) is 23.5. The average molecular weight is 641 g/mol. The molecule has 6 rings (SSSR count). The van der Waals surface area contributed by atoms with Gasteiger partial charge in [-0.05, 0) is 72.2 Å². The molecule has 0 unspecified atom stereocenters. The zero-order valence-electron chi connectivity index (χ0n) is 27.9. The number of aromatic nitrogens is 4. The van der Waals surface area contributed by atoms with E-state index in [2.05, 4.69) is 60.2 Å². The van der Waals surface area contributed by atoms with Gasteiger partial charge in [-0.15, -0.1) is 0 Å². The molecule has 2 N–H and O–H groups in total. The van der Waals surface area contributed by atoms with Crippen molar-refractivity contribution >= 4 is 33.9 Å². The summed E-state index contributed by atoms with van der Waals surface area (Å²) in [5, 5.41) is 0. The predicted octanol–water partition coefficient (Wildman–Crippen LogP) is 7.19. The molecule has 2 amide bonds. The summed E-state index contributed by atoms with van der Waals surface area (Å²) in [4.78, 5) is 46.5. The Balaban J connectivity index is 1.08. The molecule has 0 aliphatic carbocycles. The van der Waals surface area contributed by atoms with Crippen LogP contribution in [0.25, 0.3) is 22.1 Å². The third-order valence-corrected chi connectivity index (χ3v) is 8.66. The van der Waals surface area contributed by atoms with Gasteiger partial charge in [0.25, 0.3) is 0 Å². The van der Waals surface area contributed by atoms with Crippen molar-refractivity contribution in [1.82, 2.24) is 29.7 Å². The number of H-pyrrole nitrogens is 2. The number of benzene rings is 4. The van der Waals surface area contributed by atoms with E-state index in [1.54, 1.807) is 0 Å². The Hall–Kier alpha value is -5.24. The van der Waals surface area contributed by atoms with Crippen LogP contribution in [0.3, 0.4) is 0 Å². The first kappa shape index (κ1) is 32.7. The summed E-state index contributed by atoms with van der Waals surface area (Å²) in [6, 6.07) is 32.5. The molecule has 6 aromatic rings. The van der Waals surface area contributed by atoms with Crippen LogP contribution >= 0.6 is 0 Å². The van der Waals surface area contributed by atoms with Gasteiger partial charge in [0.2, 0.25) is 11.8 Å². The van der Waals surface area contributed by atoms with Crippen molar-refractivity contribution in [1.29, 1.82) is 0 Å². The number of rotatable bonds is 15. The maximum Gasteiger partial charge on any atom is 0.227 e. The third kappa shape index (κ3) is 8.37. The number of imidazole rings is 2. The van der Waals surface area contributed by atoms with Crippen LogP contribution in [-0.2, 0) is 48.4 Å². The molecule has 4 aromatic carbocycles. The summed E-state index contributed by atoms with van der Waals surface area (Å²) in [5.74, 6) is 1.83. The molecule has 0 aliphatic rings. The molecular weight excluding hydrogens is 596 g/mol. The van der Waals surface area contributed by atoms with Gasteiger partial charge in [0.05, 0.1) is 48.0 Å². The van der Waals surface area contributed by atoms with Gasteiger partial charge in [-0.3, -0.25) is 9.59 Å². The van der Waals surface area contributed by atoms with Crippen LogP contribution in [0.15, 0.2) is 97.1 Å². The van der Waals surface area contributed by atoms with Gasteiger partial charge in [-0.2, -0.15) is 0 Å². The molecule has 8 heteroatoms. The normalized spacial score (nSPS) is 11.3. The Morgan fingerprint density at radius 3 is 1.38 bits per heavy atom. The number of aromatic amines is 2. The zero-order chi connectivity index (χ0) is 33.3. The van der Waals surface area contributed by atoms with E-state index < -0.39 is 0 Å². The molecule has 2 heterocycles. The number of amides is 2. The third-order valence-electron chi connectivity index (χ3n) is 8.66. The van der Waals surface area contributed by atoms with Crippen LogP contribution < -0.4 is 0 Å². The highest BCUT2D eigenvalue weighted by molar-refractivity contribution is 5.80. The minimum absolute atomic E-state index is 0.111. The lowest BCUT2D eigenvalue weighted by atomic mass is 10.0. The summed E-state index contributed by atoms with van der Waals surface area (Å²) >= 11 is 0. The smallest absolute Gasteiger partial charge is 0.227 e. The molecule has 2 aromatic heterocycles. The molecule has 0 atom stereocenters. The van der Waals surface area contributed by atoms with Crippen LogP contribution in [0.4, 0.5) is 0 Å². The lowest BCUT2D eigenvalue weighted by Gasteiger charge is -2.21. The molecule has 0 saturated heterocycles. The number of carbonyl (C=O) groups excluding carboxylic acids is 2. The molecule has 0 spiro atoms. The number of aryl methyl sites for hydroxylation is 2. The Kier molecular flexibility index (Phi) is 10.6. The van der Waals surface area contributed by atoms with Crippen LogP contribution in [0, 0.1) is 0 Å². The Morgan fingerprint density at radius 1 is 0.562 bits per heavy atom. The van der Waals surface area contributed by atoms with Crippen LogP contribution in [-0.4, -0.2) is 54.6 Å². The van der Waals surface area contributed by atoms with E-state index in [0.29, 0.717) is 39.0 Å². The van der Waals surface area contributed by atoms with Crippen molar-refractivity contribution in [2.45, 2.75) is 65.5 Å². The van der Waals surface area contributed by atoms with Gasteiger partial charge in [-0.25, -0.2) is 9.97 Å². The molecule has 246 valence electrons. The quantitative estimate of drug-likeness (QED) is 0.124. The Labute approximate surface area is 282 Å². The molecule has 0 radical (unpaired) electrons. The van der Waals surface area contributed by atoms with E-state index in [-0.39, 0.29) is 11.8 Å². The standard InChI is InChI=1S/C40H44N6O2/c1-3-21-45(39(47)25-29-11-7-5-8-12-29)27-37-41-33-19-17-31(23-35(33)43-37)15-16-32-18-20-34-36(24-32)44-38(42-34)28-46(22-4-2)40(48)26-30-13-9-6-10-14-30/h5-14,17-20,23-24H,3-4,15-16,21-22,25-28H2,1-2H3,(H,41,43)(H,42,44). The monoisotopic (exact) mass is 640 g/mol. The van der Waals surface area contributed by atoms with E-state index >= 15 is 0 Å². The summed E-state index contributed by atoms with van der Waals surface area (Å²) < 4.78 is 0. The minimum atomic E-state index is 0.111. The van der Waals surface area contributed by atoms with E-state index in [4.69, 9.17) is 9.97 Å². The largest absolute Gasteiger partial charge is 0.340 e. The second-order valence-electron chi connectivity index (χ2n) is 12.5. The van der Waals surface area contributed by atoms with Crippen molar-refractivity contribution < 1.29 is 9.59 Å². The highest BCUT2D eigenvalue weighted by Gasteiger charge is 2.18. The lowest BCUT2D eigenvalue weighted by molar-refractivity contribution is -0.132. The number of fused-ring (bicyclic) bond motifs is 2.